The Morgan fingerprint density at radius 2 is 1.62 bits per heavy atom. The van der Waals surface area contributed by atoms with Crippen molar-refractivity contribution in [3.05, 3.63) is 90.2 Å². The van der Waals surface area contributed by atoms with Crippen LogP contribution in [0, 0.1) is 5.82 Å². The number of hydrogen-bond donors (Lipinski definition) is 1. The van der Waals surface area contributed by atoms with E-state index in [0.717, 1.165) is 28.6 Å². The van der Waals surface area contributed by atoms with E-state index in [2.05, 4.69) is 5.32 Å². The van der Waals surface area contributed by atoms with E-state index < -0.39 is 39.9 Å². The smallest absolute Gasteiger partial charge is 0.264 e. The third-order valence-corrected chi connectivity index (χ3v) is 7.88. The van der Waals surface area contributed by atoms with Gasteiger partial charge in [0, 0.05) is 12.1 Å². The van der Waals surface area contributed by atoms with E-state index >= 15 is 0 Å². The molecule has 1 unspecified atom stereocenters. The summed E-state index contributed by atoms with van der Waals surface area (Å²) in [7, 11) is -2.73. The Labute approximate surface area is 235 Å². The van der Waals surface area contributed by atoms with Crippen molar-refractivity contribution in [2.75, 3.05) is 18.0 Å². The normalized spacial score (nSPS) is 12.3. The lowest BCUT2D eigenvalue weighted by atomic mass is 10.1. The third kappa shape index (κ3) is 7.81. The van der Waals surface area contributed by atoms with Gasteiger partial charge in [-0.3, -0.25) is 13.9 Å². The van der Waals surface area contributed by atoms with Crippen LogP contribution in [0.1, 0.15) is 39.7 Å². The molecule has 3 aromatic rings. The molecule has 40 heavy (non-hydrogen) atoms. The number of ether oxygens (including phenoxy) is 1. The molecule has 0 radical (unpaired) electrons. The molecule has 3 aromatic carbocycles. The number of nitrogens with zero attached hydrogens (tertiary/aromatic N) is 2. The van der Waals surface area contributed by atoms with Crippen LogP contribution in [0.2, 0.25) is 0 Å². The molecule has 0 fully saturated rings. The van der Waals surface area contributed by atoms with E-state index in [1.54, 1.807) is 61.5 Å². The molecule has 8 nitrogen and oxygen atoms in total. The summed E-state index contributed by atoms with van der Waals surface area (Å²) < 4.78 is 47.4. The fourth-order valence-corrected chi connectivity index (χ4v) is 5.61. The van der Waals surface area contributed by atoms with Crippen molar-refractivity contribution in [1.82, 2.24) is 10.2 Å². The minimum absolute atomic E-state index is 0.0470. The molecule has 0 aliphatic heterocycles. The number of methoxy groups -OCH3 is 1. The quantitative estimate of drug-likeness (QED) is 0.360. The number of halogens is 1. The summed E-state index contributed by atoms with van der Waals surface area (Å²) in [5, 5.41) is 2.94. The molecule has 0 heterocycles. The van der Waals surface area contributed by atoms with Crippen LogP contribution in [0.15, 0.2) is 83.8 Å². The average molecular weight is 570 g/mol. The van der Waals surface area contributed by atoms with E-state index in [9.17, 15) is 22.4 Å². The van der Waals surface area contributed by atoms with Crippen molar-refractivity contribution < 1.29 is 27.1 Å². The van der Waals surface area contributed by atoms with E-state index in [1.165, 1.54) is 12.0 Å². The van der Waals surface area contributed by atoms with Gasteiger partial charge >= 0.3 is 0 Å². The number of sulfonamides is 1. The zero-order valence-corrected chi connectivity index (χ0v) is 24.2. The minimum Gasteiger partial charge on any atom is -0.497 e. The number of anilines is 1. The lowest BCUT2D eigenvalue weighted by Crippen LogP contribution is -2.55. The summed E-state index contributed by atoms with van der Waals surface area (Å²) in [5.41, 5.74) is 0.424. The first-order valence-electron chi connectivity index (χ1n) is 12.9. The maximum absolute atomic E-state index is 14.0. The Morgan fingerprint density at radius 1 is 0.975 bits per heavy atom. The second-order valence-electron chi connectivity index (χ2n) is 10.3. The highest BCUT2D eigenvalue weighted by atomic mass is 32.2. The molecule has 0 aromatic heterocycles. The van der Waals surface area contributed by atoms with Crippen LogP contribution in [0.4, 0.5) is 10.1 Å². The highest BCUT2D eigenvalue weighted by molar-refractivity contribution is 7.92. The second-order valence-corrected chi connectivity index (χ2v) is 12.2. The highest BCUT2D eigenvalue weighted by Crippen LogP contribution is 2.25. The maximum Gasteiger partial charge on any atom is 0.264 e. The summed E-state index contributed by atoms with van der Waals surface area (Å²) in [6.45, 7) is 6.80. The summed E-state index contributed by atoms with van der Waals surface area (Å²) in [6, 6.07) is 18.9. The first-order valence-corrected chi connectivity index (χ1v) is 14.4. The van der Waals surface area contributed by atoms with Crippen LogP contribution in [-0.4, -0.2) is 50.4 Å². The molecule has 0 bridgehead atoms. The second kappa shape index (κ2) is 13.0. The van der Waals surface area contributed by atoms with Gasteiger partial charge in [0.15, 0.2) is 0 Å². The van der Waals surface area contributed by atoms with Gasteiger partial charge in [-0.1, -0.05) is 37.3 Å². The van der Waals surface area contributed by atoms with Crippen LogP contribution < -0.4 is 14.4 Å². The molecule has 0 saturated carbocycles. The van der Waals surface area contributed by atoms with Crippen LogP contribution >= 0.6 is 0 Å². The maximum atomic E-state index is 14.0. The molecule has 3 rings (SSSR count). The fourth-order valence-electron chi connectivity index (χ4n) is 4.20. The van der Waals surface area contributed by atoms with Gasteiger partial charge in [-0.15, -0.1) is 0 Å². The number of nitrogens with one attached hydrogen (secondary N) is 1. The van der Waals surface area contributed by atoms with Crippen LogP contribution in [0.5, 0.6) is 5.75 Å². The summed E-state index contributed by atoms with van der Waals surface area (Å²) in [6.07, 6.45) is 0.299. The molecule has 0 saturated heterocycles. The SMILES string of the molecule is CCC(C(=O)NC(C)(C)C)N(Cc1cccc(OC)c1)C(=O)CN(c1ccccc1)S(=O)(=O)c1ccc(F)cc1. The van der Waals surface area contributed by atoms with Gasteiger partial charge in [0.25, 0.3) is 10.0 Å². The van der Waals surface area contributed by atoms with Gasteiger partial charge < -0.3 is 15.0 Å². The van der Waals surface area contributed by atoms with Crippen molar-refractivity contribution in [3.63, 3.8) is 0 Å². The van der Waals surface area contributed by atoms with Crippen molar-refractivity contribution in [2.45, 2.75) is 57.1 Å². The van der Waals surface area contributed by atoms with Gasteiger partial charge in [0.05, 0.1) is 17.7 Å². The fraction of sp³-hybridized carbons (Fsp3) is 0.333. The summed E-state index contributed by atoms with van der Waals surface area (Å²) >= 11 is 0. The Balaban J connectivity index is 2.05. The number of hydrogen-bond acceptors (Lipinski definition) is 5. The Kier molecular flexibility index (Phi) is 9.92. The number of amides is 2. The first kappa shape index (κ1) is 30.6. The number of carbonyl (C=O) groups is 2. The summed E-state index contributed by atoms with van der Waals surface area (Å²) in [4.78, 5) is 28.6. The standard InChI is InChI=1S/C30H36FN3O5S/c1-6-27(29(36)32-30(2,3)4)33(20-22-11-10-14-25(19-22)39-5)28(35)21-34(24-12-8-7-9-13-24)40(37,38)26-17-15-23(31)16-18-26/h7-19,27H,6,20-21H2,1-5H3,(H,32,36). The minimum atomic E-state index is -4.27. The van der Waals surface area contributed by atoms with Crippen LogP contribution in [0.25, 0.3) is 0 Å². The third-order valence-electron chi connectivity index (χ3n) is 6.10. The Bertz CT molecular complexity index is 1410. The molecule has 0 spiro atoms. The molecule has 0 aliphatic carbocycles. The predicted octanol–water partition coefficient (Wildman–Crippen LogP) is 4.75. The molecule has 0 aliphatic rings. The number of rotatable bonds is 11. The van der Waals surface area contributed by atoms with Crippen LogP contribution in [-0.2, 0) is 26.2 Å². The largest absolute Gasteiger partial charge is 0.497 e. The van der Waals surface area contributed by atoms with Gasteiger partial charge in [-0.25, -0.2) is 12.8 Å². The topological polar surface area (TPSA) is 96.0 Å². The molecule has 2 amide bonds. The zero-order chi connectivity index (χ0) is 29.5. The van der Waals surface area contributed by atoms with Gasteiger partial charge in [-0.05, 0) is 81.3 Å². The number of carbonyl (C=O) groups excluding carboxylic acids is 2. The zero-order valence-electron chi connectivity index (χ0n) is 23.4. The van der Waals surface area contributed by atoms with Gasteiger partial charge in [0.2, 0.25) is 11.8 Å². The lowest BCUT2D eigenvalue weighted by molar-refractivity contribution is -0.141. The monoisotopic (exact) mass is 569 g/mol. The highest BCUT2D eigenvalue weighted by Gasteiger charge is 2.34. The molecular formula is C30H36FN3O5S. The molecule has 214 valence electrons. The van der Waals surface area contributed by atoms with Crippen LogP contribution in [0.3, 0.4) is 0 Å². The molecule has 10 heteroatoms. The van der Waals surface area contributed by atoms with E-state index in [0.29, 0.717) is 17.7 Å². The number of para-hydroxylation sites is 1. The molecule has 1 N–H and O–H groups in total. The summed E-state index contributed by atoms with van der Waals surface area (Å²) in [5.74, 6) is -0.921. The van der Waals surface area contributed by atoms with E-state index in [4.69, 9.17) is 4.74 Å². The van der Waals surface area contributed by atoms with E-state index in [1.807, 2.05) is 20.8 Å². The van der Waals surface area contributed by atoms with Gasteiger partial charge in [0.1, 0.15) is 24.2 Å². The lowest BCUT2D eigenvalue weighted by Gasteiger charge is -2.34. The first-order chi connectivity index (χ1) is 18.9. The van der Waals surface area contributed by atoms with Crippen molar-refractivity contribution >= 4 is 27.5 Å². The Morgan fingerprint density at radius 3 is 2.20 bits per heavy atom. The van der Waals surface area contributed by atoms with Crippen molar-refractivity contribution in [2.24, 2.45) is 0 Å². The molecule has 1 atom stereocenters. The van der Waals surface area contributed by atoms with Crippen molar-refractivity contribution in [3.8, 4) is 5.75 Å². The predicted molar refractivity (Wildman–Crippen MR) is 153 cm³/mol. The Hall–Kier alpha value is -3.92. The van der Waals surface area contributed by atoms with Crippen molar-refractivity contribution in [1.29, 1.82) is 0 Å². The number of benzene rings is 3. The molecular weight excluding hydrogens is 533 g/mol. The van der Waals surface area contributed by atoms with E-state index in [-0.39, 0.29) is 23.0 Å². The van der Waals surface area contributed by atoms with Gasteiger partial charge in [-0.2, -0.15) is 0 Å². The average Bonchev–Trinajstić information content (AvgIpc) is 2.91.